The summed E-state index contributed by atoms with van der Waals surface area (Å²) in [4.78, 5) is 38.9. The molecule has 1 N–H and O–H groups in total. The van der Waals surface area contributed by atoms with Crippen molar-refractivity contribution in [3.05, 3.63) is 29.8 Å². The van der Waals surface area contributed by atoms with Gasteiger partial charge in [0.05, 0.1) is 19.6 Å². The molecule has 2 rings (SSSR count). The minimum atomic E-state index is -0.858. The van der Waals surface area contributed by atoms with E-state index < -0.39 is 12.0 Å². The first kappa shape index (κ1) is 22.7. The van der Waals surface area contributed by atoms with E-state index in [4.69, 9.17) is 9.47 Å². The predicted octanol–water partition coefficient (Wildman–Crippen LogP) is 2.79. The number of nitrogens with zero attached hydrogens (tertiary/aromatic N) is 1. The van der Waals surface area contributed by atoms with Gasteiger partial charge in [-0.1, -0.05) is 27.2 Å². The lowest BCUT2D eigenvalue weighted by Crippen LogP contribution is -2.57. The summed E-state index contributed by atoms with van der Waals surface area (Å²) in [7, 11) is 0. The molecule has 0 spiro atoms. The van der Waals surface area contributed by atoms with Gasteiger partial charge in [-0.05, 0) is 43.0 Å². The van der Waals surface area contributed by atoms with Crippen LogP contribution in [0.25, 0.3) is 0 Å². The van der Waals surface area contributed by atoms with Crippen LogP contribution in [0.4, 0.5) is 0 Å². The number of carbonyl (C=O) groups is 3. The van der Waals surface area contributed by atoms with E-state index in [9.17, 15) is 14.4 Å². The maximum Gasteiger partial charge on any atom is 0.308 e. The molecule has 7 nitrogen and oxygen atoms in total. The lowest BCUT2D eigenvalue weighted by molar-refractivity contribution is -0.148. The van der Waals surface area contributed by atoms with Crippen LogP contribution in [0.3, 0.4) is 0 Å². The van der Waals surface area contributed by atoms with Crippen molar-refractivity contribution in [3.8, 4) is 5.75 Å². The second-order valence-corrected chi connectivity index (χ2v) is 7.64. The third-order valence-electron chi connectivity index (χ3n) is 4.78. The van der Waals surface area contributed by atoms with Crippen LogP contribution in [-0.4, -0.2) is 55.0 Å². The second-order valence-electron chi connectivity index (χ2n) is 7.64. The van der Waals surface area contributed by atoms with Crippen molar-refractivity contribution in [1.29, 1.82) is 0 Å². The van der Waals surface area contributed by atoms with Crippen molar-refractivity contribution in [1.82, 2.24) is 10.2 Å². The van der Waals surface area contributed by atoms with E-state index in [1.165, 1.54) is 4.90 Å². The van der Waals surface area contributed by atoms with Crippen LogP contribution in [0.15, 0.2) is 24.3 Å². The number of hydrogen-bond donors (Lipinski definition) is 1. The van der Waals surface area contributed by atoms with Crippen molar-refractivity contribution >= 4 is 17.8 Å². The molecule has 1 saturated heterocycles. The zero-order chi connectivity index (χ0) is 21.2. The molecule has 1 aliphatic rings. The minimum absolute atomic E-state index is 0.145. The molecule has 2 amide bonds. The molecule has 0 saturated carbocycles. The number of benzene rings is 1. The Morgan fingerprint density at radius 3 is 2.59 bits per heavy atom. The third-order valence-corrected chi connectivity index (χ3v) is 4.78. The summed E-state index contributed by atoms with van der Waals surface area (Å²) in [6, 6.07) is 6.02. The average Bonchev–Trinajstić information content (AvgIpc) is 2.69. The molecule has 0 aromatic heterocycles. The van der Waals surface area contributed by atoms with Gasteiger partial charge in [0, 0.05) is 18.7 Å². The Morgan fingerprint density at radius 2 is 1.93 bits per heavy atom. The van der Waals surface area contributed by atoms with Gasteiger partial charge in [-0.15, -0.1) is 0 Å². The number of unbranched alkanes of at least 4 members (excludes halogenated alkanes) is 1. The SMILES string of the molecule is CCCCOc1ccc(C(=O)N2CCNC(=O)C2CC(=O)OCCC(C)C)cc1. The molecule has 1 aromatic rings. The summed E-state index contributed by atoms with van der Waals surface area (Å²) in [6.45, 7) is 7.85. The van der Waals surface area contributed by atoms with Gasteiger partial charge in [-0.2, -0.15) is 0 Å². The van der Waals surface area contributed by atoms with Crippen molar-refractivity contribution in [2.24, 2.45) is 5.92 Å². The Hall–Kier alpha value is -2.57. The van der Waals surface area contributed by atoms with Gasteiger partial charge >= 0.3 is 5.97 Å². The molecule has 1 unspecified atom stereocenters. The van der Waals surface area contributed by atoms with Gasteiger partial charge in [-0.3, -0.25) is 14.4 Å². The summed E-state index contributed by atoms with van der Waals surface area (Å²) in [5.74, 6) is 0.0551. The van der Waals surface area contributed by atoms with Gasteiger partial charge < -0.3 is 19.7 Å². The number of ether oxygens (including phenoxy) is 2. The first-order chi connectivity index (χ1) is 13.9. The highest BCUT2D eigenvalue weighted by atomic mass is 16.5. The Labute approximate surface area is 172 Å². The molecule has 0 radical (unpaired) electrons. The normalized spacial score (nSPS) is 16.5. The Bertz CT molecular complexity index is 687. The molecule has 1 aliphatic heterocycles. The lowest BCUT2D eigenvalue weighted by Gasteiger charge is -2.34. The fourth-order valence-corrected chi connectivity index (χ4v) is 2.98. The monoisotopic (exact) mass is 404 g/mol. The predicted molar refractivity (Wildman–Crippen MR) is 110 cm³/mol. The summed E-state index contributed by atoms with van der Waals surface area (Å²) < 4.78 is 10.8. The molecule has 1 aromatic carbocycles. The highest BCUT2D eigenvalue weighted by Crippen LogP contribution is 2.18. The van der Waals surface area contributed by atoms with Crippen LogP contribution in [-0.2, 0) is 14.3 Å². The number of carbonyl (C=O) groups excluding carboxylic acids is 3. The number of piperazine rings is 1. The summed E-state index contributed by atoms with van der Waals surface area (Å²) in [5, 5.41) is 2.73. The van der Waals surface area contributed by atoms with Crippen LogP contribution in [0.2, 0.25) is 0 Å². The standard InChI is InChI=1S/C22H32N2O5/c1-4-5-13-28-18-8-6-17(7-9-18)22(27)24-12-11-23-21(26)19(24)15-20(25)29-14-10-16(2)3/h6-9,16,19H,4-5,10-15H2,1-3H3,(H,23,26). The van der Waals surface area contributed by atoms with Gasteiger partial charge in [0.1, 0.15) is 11.8 Å². The Morgan fingerprint density at radius 1 is 1.21 bits per heavy atom. The minimum Gasteiger partial charge on any atom is -0.494 e. The van der Waals surface area contributed by atoms with Gasteiger partial charge in [0.2, 0.25) is 5.91 Å². The van der Waals surface area contributed by atoms with E-state index in [2.05, 4.69) is 12.2 Å². The molecule has 1 atom stereocenters. The maximum absolute atomic E-state index is 13.0. The van der Waals surface area contributed by atoms with E-state index in [1.54, 1.807) is 24.3 Å². The van der Waals surface area contributed by atoms with Gasteiger partial charge in [-0.25, -0.2) is 0 Å². The number of amides is 2. The number of rotatable bonds is 10. The Balaban J connectivity index is 2.00. The fraction of sp³-hybridized carbons (Fsp3) is 0.591. The Kier molecular flexibility index (Phi) is 8.96. The molecule has 7 heteroatoms. The quantitative estimate of drug-likeness (QED) is 0.479. The zero-order valence-corrected chi connectivity index (χ0v) is 17.6. The average molecular weight is 405 g/mol. The number of esters is 1. The molecule has 160 valence electrons. The van der Waals surface area contributed by atoms with Crippen LogP contribution in [0.1, 0.15) is 56.8 Å². The van der Waals surface area contributed by atoms with Crippen molar-refractivity contribution in [3.63, 3.8) is 0 Å². The van der Waals surface area contributed by atoms with E-state index >= 15 is 0 Å². The van der Waals surface area contributed by atoms with E-state index in [-0.39, 0.29) is 18.2 Å². The summed E-state index contributed by atoms with van der Waals surface area (Å²) in [6.07, 6.45) is 2.64. The van der Waals surface area contributed by atoms with Gasteiger partial charge in [0.25, 0.3) is 5.91 Å². The van der Waals surface area contributed by atoms with Crippen LogP contribution in [0, 0.1) is 5.92 Å². The van der Waals surface area contributed by atoms with Crippen LogP contribution >= 0.6 is 0 Å². The van der Waals surface area contributed by atoms with Crippen LogP contribution in [0.5, 0.6) is 5.75 Å². The summed E-state index contributed by atoms with van der Waals surface area (Å²) in [5.41, 5.74) is 0.459. The lowest BCUT2D eigenvalue weighted by atomic mass is 10.1. The molecule has 1 heterocycles. The van der Waals surface area contributed by atoms with Crippen molar-refractivity contribution in [2.45, 2.75) is 52.5 Å². The summed E-state index contributed by atoms with van der Waals surface area (Å²) >= 11 is 0. The van der Waals surface area contributed by atoms with Gasteiger partial charge in [0.15, 0.2) is 0 Å². The van der Waals surface area contributed by atoms with E-state index in [1.807, 2.05) is 13.8 Å². The number of nitrogens with one attached hydrogen (secondary N) is 1. The highest BCUT2D eigenvalue weighted by Gasteiger charge is 2.35. The second kappa shape index (κ2) is 11.4. The van der Waals surface area contributed by atoms with Crippen molar-refractivity contribution in [2.75, 3.05) is 26.3 Å². The number of hydrogen-bond acceptors (Lipinski definition) is 5. The molecule has 0 aliphatic carbocycles. The zero-order valence-electron chi connectivity index (χ0n) is 17.6. The maximum atomic E-state index is 13.0. The van der Waals surface area contributed by atoms with Crippen molar-refractivity contribution < 1.29 is 23.9 Å². The van der Waals surface area contributed by atoms with E-state index in [0.29, 0.717) is 43.5 Å². The van der Waals surface area contributed by atoms with Crippen LogP contribution < -0.4 is 10.1 Å². The smallest absolute Gasteiger partial charge is 0.308 e. The first-order valence-electron chi connectivity index (χ1n) is 10.4. The molecule has 29 heavy (non-hydrogen) atoms. The fourth-order valence-electron chi connectivity index (χ4n) is 2.98. The largest absolute Gasteiger partial charge is 0.494 e. The van der Waals surface area contributed by atoms with E-state index in [0.717, 1.165) is 19.3 Å². The topological polar surface area (TPSA) is 84.9 Å². The third kappa shape index (κ3) is 7.07. The molecular formula is C22H32N2O5. The molecule has 0 bridgehead atoms. The first-order valence-corrected chi connectivity index (χ1v) is 10.4. The molecule has 1 fully saturated rings. The highest BCUT2D eigenvalue weighted by molar-refractivity contribution is 5.99. The molecular weight excluding hydrogens is 372 g/mol.